The minimum Gasteiger partial charge on any atom is -0.393 e. The van der Waals surface area contributed by atoms with Crippen LogP contribution in [-0.4, -0.2) is 4.99 Å². The lowest BCUT2D eigenvalue weighted by atomic mass is 10.3. The molecule has 0 saturated heterocycles. The van der Waals surface area contributed by atoms with E-state index in [1.807, 2.05) is 13.0 Å². The van der Waals surface area contributed by atoms with Crippen LogP contribution in [0.1, 0.15) is 19.8 Å². The first kappa shape index (κ1) is 7.63. The van der Waals surface area contributed by atoms with Crippen LogP contribution >= 0.6 is 12.2 Å². The lowest BCUT2D eigenvalue weighted by Gasteiger charge is -1.88. The zero-order valence-electron chi connectivity index (χ0n) is 5.05. The first-order chi connectivity index (χ1) is 3.77. The molecule has 0 aromatic rings. The van der Waals surface area contributed by atoms with E-state index in [4.69, 9.17) is 5.73 Å². The summed E-state index contributed by atoms with van der Waals surface area (Å²) in [5.41, 5.74) is 5.23. The van der Waals surface area contributed by atoms with Gasteiger partial charge in [0.2, 0.25) is 0 Å². The number of hydrogen-bond acceptors (Lipinski definition) is 1. The summed E-state index contributed by atoms with van der Waals surface area (Å²) in [6.07, 6.45) is 5.86. The fraction of sp³-hybridized carbons (Fsp3) is 0.500. The number of thiocarbonyl (C=S) groups is 1. The molecule has 0 aliphatic heterocycles. The predicted molar refractivity (Wildman–Crippen MR) is 40.8 cm³/mol. The maximum atomic E-state index is 5.23. The normalized spacial score (nSPS) is 10.1. The average molecular weight is 129 g/mol. The maximum absolute atomic E-state index is 5.23. The smallest absolute Gasteiger partial charge is 0.0730 e. The van der Waals surface area contributed by atoms with Gasteiger partial charge in [0, 0.05) is 6.42 Å². The first-order valence-corrected chi connectivity index (χ1v) is 3.07. The summed E-state index contributed by atoms with van der Waals surface area (Å²) in [6, 6.07) is 0. The summed E-state index contributed by atoms with van der Waals surface area (Å²) in [4.78, 5) is 0.600. The van der Waals surface area contributed by atoms with Gasteiger partial charge in [0.15, 0.2) is 0 Å². The van der Waals surface area contributed by atoms with Gasteiger partial charge in [-0.05, 0) is 13.3 Å². The summed E-state index contributed by atoms with van der Waals surface area (Å²) < 4.78 is 0. The van der Waals surface area contributed by atoms with Gasteiger partial charge in [0.05, 0.1) is 4.99 Å². The zero-order valence-corrected chi connectivity index (χ0v) is 5.87. The molecular weight excluding hydrogens is 118 g/mol. The molecule has 8 heavy (non-hydrogen) atoms. The van der Waals surface area contributed by atoms with Crippen LogP contribution in [0.4, 0.5) is 0 Å². The van der Waals surface area contributed by atoms with Crippen molar-refractivity contribution in [2.45, 2.75) is 19.8 Å². The summed E-state index contributed by atoms with van der Waals surface area (Å²) >= 11 is 4.65. The van der Waals surface area contributed by atoms with Crippen molar-refractivity contribution in [2.75, 3.05) is 0 Å². The van der Waals surface area contributed by atoms with E-state index in [0.29, 0.717) is 4.99 Å². The van der Waals surface area contributed by atoms with Gasteiger partial charge in [-0.25, -0.2) is 0 Å². The Bertz CT molecular complexity index is 96.7. The maximum Gasteiger partial charge on any atom is 0.0730 e. The largest absolute Gasteiger partial charge is 0.393 e. The fourth-order valence-corrected chi connectivity index (χ4v) is 0.510. The lowest BCUT2D eigenvalue weighted by Crippen LogP contribution is -2.05. The second-order valence-corrected chi connectivity index (χ2v) is 2.10. The summed E-state index contributed by atoms with van der Waals surface area (Å²) in [5, 5.41) is 0. The van der Waals surface area contributed by atoms with Gasteiger partial charge in [-0.1, -0.05) is 24.4 Å². The van der Waals surface area contributed by atoms with Crippen molar-refractivity contribution in [2.24, 2.45) is 5.73 Å². The van der Waals surface area contributed by atoms with Gasteiger partial charge in [0.1, 0.15) is 0 Å². The Hall–Kier alpha value is -0.370. The van der Waals surface area contributed by atoms with Gasteiger partial charge in [-0.2, -0.15) is 0 Å². The summed E-state index contributed by atoms with van der Waals surface area (Å²) in [5.74, 6) is 0. The van der Waals surface area contributed by atoms with Crippen molar-refractivity contribution in [3.63, 3.8) is 0 Å². The van der Waals surface area contributed by atoms with Gasteiger partial charge < -0.3 is 5.73 Å². The number of rotatable bonds is 3. The van der Waals surface area contributed by atoms with Crippen molar-refractivity contribution in [3.05, 3.63) is 12.2 Å². The molecule has 0 atom stereocenters. The van der Waals surface area contributed by atoms with Crippen LogP contribution < -0.4 is 5.73 Å². The molecule has 0 amide bonds. The molecule has 46 valence electrons. The highest BCUT2D eigenvalue weighted by atomic mass is 32.1. The average Bonchev–Trinajstić information content (AvgIpc) is 1.66. The van der Waals surface area contributed by atoms with Crippen LogP contribution in [0.3, 0.4) is 0 Å². The van der Waals surface area contributed by atoms with Gasteiger partial charge >= 0.3 is 0 Å². The van der Waals surface area contributed by atoms with Crippen LogP contribution in [0.25, 0.3) is 0 Å². The molecule has 0 radical (unpaired) electrons. The van der Waals surface area contributed by atoms with E-state index in [-0.39, 0.29) is 0 Å². The third-order valence-electron chi connectivity index (χ3n) is 0.793. The Balaban J connectivity index is 3.05. The van der Waals surface area contributed by atoms with Gasteiger partial charge in [0.25, 0.3) is 0 Å². The molecule has 0 fully saturated rings. The van der Waals surface area contributed by atoms with Crippen molar-refractivity contribution < 1.29 is 0 Å². The minimum absolute atomic E-state index is 0.600. The van der Waals surface area contributed by atoms with Crippen molar-refractivity contribution in [1.29, 1.82) is 0 Å². The molecule has 1 nitrogen and oxygen atoms in total. The van der Waals surface area contributed by atoms with E-state index in [1.165, 1.54) is 0 Å². The molecule has 0 aromatic heterocycles. The number of allylic oxidation sites excluding steroid dienone is 2. The zero-order chi connectivity index (χ0) is 6.41. The predicted octanol–water partition coefficient (Wildman–Crippen LogP) is 1.63. The van der Waals surface area contributed by atoms with Crippen molar-refractivity contribution >= 4 is 17.2 Å². The van der Waals surface area contributed by atoms with E-state index >= 15 is 0 Å². The van der Waals surface area contributed by atoms with E-state index in [9.17, 15) is 0 Å². The number of nitrogens with two attached hydrogens (primary N) is 1. The van der Waals surface area contributed by atoms with E-state index in [1.54, 1.807) is 0 Å². The SMILES string of the molecule is C/C=C/CCC(N)=S. The highest BCUT2D eigenvalue weighted by Crippen LogP contribution is 1.89. The molecular formula is C6H11NS. The number of hydrogen-bond donors (Lipinski definition) is 1. The summed E-state index contributed by atoms with van der Waals surface area (Å²) in [7, 11) is 0. The first-order valence-electron chi connectivity index (χ1n) is 2.67. The van der Waals surface area contributed by atoms with E-state index < -0.39 is 0 Å². The van der Waals surface area contributed by atoms with Gasteiger partial charge in [-0.3, -0.25) is 0 Å². The molecule has 0 spiro atoms. The molecule has 0 rings (SSSR count). The Kier molecular flexibility index (Phi) is 4.56. The van der Waals surface area contributed by atoms with Gasteiger partial charge in [-0.15, -0.1) is 0 Å². The fourth-order valence-electron chi connectivity index (χ4n) is 0.392. The molecule has 0 aliphatic rings. The monoisotopic (exact) mass is 129 g/mol. The van der Waals surface area contributed by atoms with Crippen LogP contribution in [0.15, 0.2) is 12.2 Å². The molecule has 0 saturated carbocycles. The van der Waals surface area contributed by atoms with Crippen LogP contribution in [0.2, 0.25) is 0 Å². The molecule has 0 aromatic carbocycles. The highest BCUT2D eigenvalue weighted by molar-refractivity contribution is 7.80. The van der Waals surface area contributed by atoms with E-state index in [2.05, 4.69) is 18.3 Å². The molecule has 0 heterocycles. The second-order valence-electron chi connectivity index (χ2n) is 1.57. The highest BCUT2D eigenvalue weighted by Gasteiger charge is 1.82. The Morgan fingerprint density at radius 1 is 1.75 bits per heavy atom. The quantitative estimate of drug-likeness (QED) is 0.463. The van der Waals surface area contributed by atoms with Crippen LogP contribution in [0.5, 0.6) is 0 Å². The van der Waals surface area contributed by atoms with Crippen LogP contribution in [0, 0.1) is 0 Å². The molecule has 0 bridgehead atoms. The Morgan fingerprint density at radius 3 is 2.75 bits per heavy atom. The minimum atomic E-state index is 0.600. The Morgan fingerprint density at radius 2 is 2.38 bits per heavy atom. The van der Waals surface area contributed by atoms with Crippen LogP contribution in [-0.2, 0) is 0 Å². The standard InChI is InChI=1S/C6H11NS/c1-2-3-4-5-6(7)8/h2-3H,4-5H2,1H3,(H2,7,8)/b3-2+. The molecule has 0 unspecified atom stereocenters. The molecule has 2 heteroatoms. The second kappa shape index (κ2) is 4.78. The topological polar surface area (TPSA) is 26.0 Å². The van der Waals surface area contributed by atoms with Crippen molar-refractivity contribution in [3.8, 4) is 0 Å². The summed E-state index contributed by atoms with van der Waals surface area (Å²) in [6.45, 7) is 1.99. The third-order valence-corrected chi connectivity index (χ3v) is 0.997. The lowest BCUT2D eigenvalue weighted by molar-refractivity contribution is 1.10. The third kappa shape index (κ3) is 5.63. The Labute approximate surface area is 55.6 Å². The van der Waals surface area contributed by atoms with Crippen molar-refractivity contribution in [1.82, 2.24) is 0 Å². The van der Waals surface area contributed by atoms with E-state index in [0.717, 1.165) is 12.8 Å². The molecule has 0 aliphatic carbocycles. The molecule has 2 N–H and O–H groups in total.